The van der Waals surface area contributed by atoms with Gasteiger partial charge in [0.05, 0.1) is 12.6 Å². The summed E-state index contributed by atoms with van der Waals surface area (Å²) >= 11 is 0. The third-order valence-electron chi connectivity index (χ3n) is 3.11. The lowest BCUT2D eigenvalue weighted by Crippen LogP contribution is -2.47. The van der Waals surface area contributed by atoms with E-state index in [1.165, 1.54) is 4.90 Å². The minimum atomic E-state index is -0.581. The maximum absolute atomic E-state index is 12.1. The number of rotatable bonds is 7. The molecule has 0 radical (unpaired) electrons. The van der Waals surface area contributed by atoms with Gasteiger partial charge in [0, 0.05) is 13.1 Å². The van der Waals surface area contributed by atoms with E-state index in [2.05, 4.69) is 5.32 Å². The van der Waals surface area contributed by atoms with Crippen molar-refractivity contribution in [2.45, 2.75) is 38.8 Å². The van der Waals surface area contributed by atoms with E-state index >= 15 is 0 Å². The number of nitrogens with two attached hydrogens (primary N) is 1. The van der Waals surface area contributed by atoms with Crippen molar-refractivity contribution in [3.63, 3.8) is 0 Å². The van der Waals surface area contributed by atoms with Gasteiger partial charge in [0.15, 0.2) is 0 Å². The van der Waals surface area contributed by atoms with Crippen molar-refractivity contribution in [1.29, 1.82) is 0 Å². The number of aryl methyl sites for hydroxylation is 1. The first-order valence-electron chi connectivity index (χ1n) is 7.24. The van der Waals surface area contributed by atoms with Gasteiger partial charge in [-0.3, -0.25) is 9.59 Å². The van der Waals surface area contributed by atoms with Gasteiger partial charge in [-0.1, -0.05) is 30.3 Å². The molecule has 0 saturated carbocycles. The van der Waals surface area contributed by atoms with Crippen LogP contribution in [0, 0.1) is 0 Å². The van der Waals surface area contributed by atoms with Crippen molar-refractivity contribution < 1.29 is 9.59 Å². The van der Waals surface area contributed by atoms with Crippen LogP contribution in [0.15, 0.2) is 30.3 Å². The van der Waals surface area contributed by atoms with E-state index in [1.807, 2.05) is 44.2 Å². The second-order valence-corrected chi connectivity index (χ2v) is 5.55. The maximum Gasteiger partial charge on any atom is 0.239 e. The summed E-state index contributed by atoms with van der Waals surface area (Å²) in [5.41, 5.74) is 7.07. The molecule has 0 saturated heterocycles. The zero-order valence-electron chi connectivity index (χ0n) is 13.0. The predicted octanol–water partition coefficient (Wildman–Crippen LogP) is 0.930. The first-order valence-corrected chi connectivity index (χ1v) is 7.24. The summed E-state index contributed by atoms with van der Waals surface area (Å²) in [5, 5.41) is 2.75. The van der Waals surface area contributed by atoms with Crippen LogP contribution < -0.4 is 11.1 Å². The minimum absolute atomic E-state index is 0.0377. The van der Waals surface area contributed by atoms with Crippen molar-refractivity contribution in [1.82, 2.24) is 10.2 Å². The van der Waals surface area contributed by atoms with Gasteiger partial charge >= 0.3 is 0 Å². The molecule has 5 heteroatoms. The van der Waals surface area contributed by atoms with Gasteiger partial charge in [-0.05, 0) is 32.3 Å². The highest BCUT2D eigenvalue weighted by Crippen LogP contribution is 2.05. The van der Waals surface area contributed by atoms with Gasteiger partial charge in [-0.15, -0.1) is 0 Å². The molecule has 2 amide bonds. The molecule has 0 aromatic heterocycles. The number of hydrogen-bond acceptors (Lipinski definition) is 3. The number of likely N-dealkylation sites (N-methyl/N-ethyl adjacent to an activating group) is 1. The number of benzene rings is 1. The molecule has 0 aliphatic heterocycles. The largest absolute Gasteiger partial charge is 0.352 e. The Morgan fingerprint density at radius 1 is 1.24 bits per heavy atom. The number of nitrogens with one attached hydrogen (secondary N) is 1. The highest BCUT2D eigenvalue weighted by molar-refractivity contribution is 5.87. The van der Waals surface area contributed by atoms with Gasteiger partial charge in [0.2, 0.25) is 11.8 Å². The van der Waals surface area contributed by atoms with Crippen molar-refractivity contribution in [3.05, 3.63) is 35.9 Å². The summed E-state index contributed by atoms with van der Waals surface area (Å²) < 4.78 is 0. The average Bonchev–Trinajstić information content (AvgIpc) is 2.44. The summed E-state index contributed by atoms with van der Waals surface area (Å²) in [6.07, 6.45) is 1.32. The molecule has 0 heterocycles. The second-order valence-electron chi connectivity index (χ2n) is 5.55. The number of carbonyl (C=O) groups is 2. The lowest BCUT2D eigenvalue weighted by molar-refractivity contribution is -0.136. The minimum Gasteiger partial charge on any atom is -0.352 e. The van der Waals surface area contributed by atoms with Crippen molar-refractivity contribution >= 4 is 11.8 Å². The summed E-state index contributed by atoms with van der Waals surface area (Å²) in [4.78, 5) is 25.1. The maximum atomic E-state index is 12.1. The summed E-state index contributed by atoms with van der Waals surface area (Å²) in [6, 6.07) is 9.38. The van der Waals surface area contributed by atoms with Crippen LogP contribution in [-0.2, 0) is 16.0 Å². The van der Waals surface area contributed by atoms with Crippen LogP contribution in [0.4, 0.5) is 0 Å². The molecule has 116 valence electrons. The van der Waals surface area contributed by atoms with Gasteiger partial charge in [-0.25, -0.2) is 0 Å². The third kappa shape index (κ3) is 6.40. The summed E-state index contributed by atoms with van der Waals surface area (Å²) in [7, 11) is 1.60. The zero-order valence-corrected chi connectivity index (χ0v) is 13.0. The quantitative estimate of drug-likeness (QED) is 0.784. The van der Waals surface area contributed by atoms with Crippen molar-refractivity contribution in [2.75, 3.05) is 13.6 Å². The molecule has 0 bridgehead atoms. The highest BCUT2D eigenvalue weighted by Gasteiger charge is 2.20. The van der Waals surface area contributed by atoms with E-state index in [0.717, 1.165) is 12.0 Å². The van der Waals surface area contributed by atoms with E-state index in [1.54, 1.807) is 7.05 Å². The van der Waals surface area contributed by atoms with Gasteiger partial charge in [0.1, 0.15) is 0 Å². The number of nitrogens with zero attached hydrogens (tertiary/aromatic N) is 1. The molecular weight excluding hydrogens is 266 g/mol. The molecule has 3 N–H and O–H groups in total. The molecule has 1 aromatic carbocycles. The number of amides is 2. The highest BCUT2D eigenvalue weighted by atomic mass is 16.2. The molecule has 1 unspecified atom stereocenters. The molecule has 1 rings (SSSR count). The fraction of sp³-hybridized carbons (Fsp3) is 0.500. The Bertz CT molecular complexity index is 460. The Morgan fingerprint density at radius 2 is 1.86 bits per heavy atom. The van der Waals surface area contributed by atoms with Gasteiger partial charge in [0.25, 0.3) is 0 Å². The Balaban J connectivity index is 2.40. The third-order valence-corrected chi connectivity index (χ3v) is 3.11. The monoisotopic (exact) mass is 291 g/mol. The summed E-state index contributed by atoms with van der Waals surface area (Å²) in [6.45, 7) is 3.80. The van der Waals surface area contributed by atoms with E-state index in [4.69, 9.17) is 5.73 Å². The fourth-order valence-electron chi connectivity index (χ4n) is 2.03. The first kappa shape index (κ1) is 17.2. The Kier molecular flexibility index (Phi) is 6.88. The molecule has 0 aliphatic rings. The Morgan fingerprint density at radius 3 is 2.43 bits per heavy atom. The molecule has 0 spiro atoms. The topological polar surface area (TPSA) is 75.4 Å². The van der Waals surface area contributed by atoms with E-state index in [-0.39, 0.29) is 24.4 Å². The summed E-state index contributed by atoms with van der Waals surface area (Å²) in [5.74, 6) is -0.374. The van der Waals surface area contributed by atoms with Crippen LogP contribution in [0.5, 0.6) is 0 Å². The fourth-order valence-corrected chi connectivity index (χ4v) is 2.03. The average molecular weight is 291 g/mol. The second kappa shape index (κ2) is 8.42. The van der Waals surface area contributed by atoms with Crippen molar-refractivity contribution in [3.8, 4) is 0 Å². The van der Waals surface area contributed by atoms with E-state index < -0.39 is 6.04 Å². The molecule has 5 nitrogen and oxygen atoms in total. The van der Waals surface area contributed by atoms with Gasteiger partial charge in [-0.2, -0.15) is 0 Å². The number of carbonyl (C=O) groups excluding carboxylic acids is 2. The van der Waals surface area contributed by atoms with Crippen LogP contribution in [-0.4, -0.2) is 42.4 Å². The molecule has 0 aliphatic carbocycles. The molecule has 21 heavy (non-hydrogen) atoms. The van der Waals surface area contributed by atoms with Crippen LogP contribution in [0.1, 0.15) is 25.8 Å². The van der Waals surface area contributed by atoms with Gasteiger partial charge < -0.3 is 16.0 Å². The standard InChI is InChI=1S/C16H25N3O2/c1-12(2)18-15(20)11-19(3)16(21)14(17)10-9-13-7-5-4-6-8-13/h4-8,12,14H,9-11,17H2,1-3H3,(H,18,20). The lowest BCUT2D eigenvalue weighted by atomic mass is 10.1. The molecule has 0 fully saturated rings. The van der Waals surface area contributed by atoms with E-state index in [0.29, 0.717) is 6.42 Å². The van der Waals surface area contributed by atoms with Crippen molar-refractivity contribution in [2.24, 2.45) is 5.73 Å². The van der Waals surface area contributed by atoms with Crippen LogP contribution in [0.2, 0.25) is 0 Å². The molecule has 1 aromatic rings. The number of hydrogen-bond donors (Lipinski definition) is 2. The molecule has 1 atom stereocenters. The normalized spacial score (nSPS) is 12.0. The zero-order chi connectivity index (χ0) is 15.8. The first-order chi connectivity index (χ1) is 9.90. The Labute approximate surface area is 126 Å². The SMILES string of the molecule is CC(C)NC(=O)CN(C)C(=O)C(N)CCc1ccccc1. The van der Waals surface area contributed by atoms with Crippen LogP contribution in [0.25, 0.3) is 0 Å². The van der Waals surface area contributed by atoms with Crippen LogP contribution in [0.3, 0.4) is 0 Å². The predicted molar refractivity (Wildman–Crippen MR) is 83.7 cm³/mol. The smallest absolute Gasteiger partial charge is 0.239 e. The van der Waals surface area contributed by atoms with Crippen LogP contribution >= 0.6 is 0 Å². The molecular formula is C16H25N3O2. The lowest BCUT2D eigenvalue weighted by Gasteiger charge is -2.21. The van der Waals surface area contributed by atoms with E-state index in [9.17, 15) is 9.59 Å². The Hall–Kier alpha value is -1.88.